The summed E-state index contributed by atoms with van der Waals surface area (Å²) in [5.74, 6) is 0.709. The first kappa shape index (κ1) is 13.6. The van der Waals surface area contributed by atoms with E-state index in [2.05, 4.69) is 9.97 Å². The fraction of sp³-hybridized carbons (Fsp3) is 0.231. The summed E-state index contributed by atoms with van der Waals surface area (Å²) in [5, 5.41) is 10.2. The molecule has 1 aromatic carbocycles. The van der Waals surface area contributed by atoms with Gasteiger partial charge in [-0.3, -0.25) is 0 Å². The third-order valence-electron chi connectivity index (χ3n) is 2.61. The Kier molecular flexibility index (Phi) is 4.24. The Bertz CT molecular complexity index is 539. The van der Waals surface area contributed by atoms with Gasteiger partial charge in [0.05, 0.1) is 6.10 Å². The fourth-order valence-electron chi connectivity index (χ4n) is 1.61. The molecular formula is C13H16N4OS. The van der Waals surface area contributed by atoms with Crippen molar-refractivity contribution in [1.82, 2.24) is 9.97 Å². The minimum atomic E-state index is -0.418. The number of aliphatic hydroxyl groups excluding tert-OH is 1. The minimum Gasteiger partial charge on any atom is -0.388 e. The average molecular weight is 276 g/mol. The number of nitrogens with two attached hydrogens (primary N) is 2. The molecule has 0 radical (unpaired) electrons. The lowest BCUT2D eigenvalue weighted by atomic mass is 10.1. The van der Waals surface area contributed by atoms with Crippen LogP contribution in [0.15, 0.2) is 40.4 Å². The van der Waals surface area contributed by atoms with Crippen molar-refractivity contribution < 1.29 is 5.11 Å². The monoisotopic (exact) mass is 276 g/mol. The van der Waals surface area contributed by atoms with Gasteiger partial charge in [-0.25, -0.2) is 9.97 Å². The number of anilines is 2. The summed E-state index contributed by atoms with van der Waals surface area (Å²) in [4.78, 5) is 9.18. The van der Waals surface area contributed by atoms with E-state index in [0.717, 1.165) is 10.5 Å². The van der Waals surface area contributed by atoms with Crippen molar-refractivity contribution in [2.45, 2.75) is 29.5 Å². The summed E-state index contributed by atoms with van der Waals surface area (Å²) in [6, 6.07) is 9.15. The number of benzene rings is 1. The Morgan fingerprint density at radius 2 is 1.74 bits per heavy atom. The van der Waals surface area contributed by atoms with Crippen LogP contribution in [-0.2, 0) is 0 Å². The lowest BCUT2D eigenvalue weighted by Gasteiger charge is -2.08. The molecule has 100 valence electrons. The highest BCUT2D eigenvalue weighted by atomic mass is 32.2. The van der Waals surface area contributed by atoms with Crippen molar-refractivity contribution in [2.75, 3.05) is 11.5 Å². The van der Waals surface area contributed by atoms with E-state index < -0.39 is 6.10 Å². The van der Waals surface area contributed by atoms with Gasteiger partial charge in [0.25, 0.3) is 0 Å². The second kappa shape index (κ2) is 5.90. The average Bonchev–Trinajstić information content (AvgIpc) is 2.37. The molecule has 1 aromatic heterocycles. The molecule has 5 nitrogen and oxygen atoms in total. The number of nitrogen functional groups attached to an aromatic ring is 2. The zero-order valence-corrected chi connectivity index (χ0v) is 11.4. The molecule has 0 saturated heterocycles. The Labute approximate surface area is 116 Å². The van der Waals surface area contributed by atoms with Crippen LogP contribution in [0, 0.1) is 0 Å². The number of rotatable bonds is 4. The van der Waals surface area contributed by atoms with Crippen LogP contribution in [0.4, 0.5) is 11.6 Å². The van der Waals surface area contributed by atoms with Gasteiger partial charge in [0.1, 0.15) is 11.6 Å². The quantitative estimate of drug-likeness (QED) is 0.741. The molecular weight excluding hydrogens is 260 g/mol. The normalized spacial score (nSPS) is 12.3. The van der Waals surface area contributed by atoms with E-state index in [-0.39, 0.29) is 0 Å². The minimum absolute atomic E-state index is 0.355. The lowest BCUT2D eigenvalue weighted by Crippen LogP contribution is -1.99. The maximum absolute atomic E-state index is 9.72. The molecule has 0 aliphatic rings. The second-order valence-electron chi connectivity index (χ2n) is 4.10. The van der Waals surface area contributed by atoms with Crippen LogP contribution in [0.5, 0.6) is 0 Å². The predicted octanol–water partition coefficient (Wildman–Crippen LogP) is 2.24. The molecule has 0 fully saturated rings. The summed E-state index contributed by atoms with van der Waals surface area (Å²) >= 11 is 1.38. The van der Waals surface area contributed by atoms with Crippen molar-refractivity contribution in [3.63, 3.8) is 0 Å². The van der Waals surface area contributed by atoms with Crippen LogP contribution >= 0.6 is 11.8 Å². The summed E-state index contributed by atoms with van der Waals surface area (Å²) in [7, 11) is 0. The van der Waals surface area contributed by atoms with Crippen molar-refractivity contribution in [3.8, 4) is 0 Å². The van der Waals surface area contributed by atoms with Crippen LogP contribution in [0.3, 0.4) is 0 Å². The molecule has 0 unspecified atom stereocenters. The fourth-order valence-corrected chi connectivity index (χ4v) is 2.39. The molecule has 1 atom stereocenters. The van der Waals surface area contributed by atoms with Crippen molar-refractivity contribution >= 4 is 23.4 Å². The van der Waals surface area contributed by atoms with Gasteiger partial charge >= 0.3 is 0 Å². The third-order valence-corrected chi connectivity index (χ3v) is 3.48. The van der Waals surface area contributed by atoms with Gasteiger partial charge in [-0.15, -0.1) is 0 Å². The molecule has 0 saturated carbocycles. The van der Waals surface area contributed by atoms with E-state index in [0.29, 0.717) is 23.2 Å². The number of aromatic nitrogens is 2. The molecule has 2 aromatic rings. The number of nitrogens with zero attached hydrogens (tertiary/aromatic N) is 2. The summed E-state index contributed by atoms with van der Waals surface area (Å²) in [5.41, 5.74) is 12.1. The highest BCUT2D eigenvalue weighted by Gasteiger charge is 2.06. The molecule has 0 spiro atoms. The maximum atomic E-state index is 9.72. The maximum Gasteiger partial charge on any atom is 0.196 e. The Hall–Kier alpha value is -1.79. The number of hydrogen-bond acceptors (Lipinski definition) is 6. The van der Waals surface area contributed by atoms with Crippen LogP contribution in [0.25, 0.3) is 0 Å². The second-order valence-corrected chi connectivity index (χ2v) is 5.14. The van der Waals surface area contributed by atoms with Crippen LogP contribution in [0.2, 0.25) is 0 Å². The Morgan fingerprint density at radius 1 is 1.16 bits per heavy atom. The van der Waals surface area contributed by atoms with Gasteiger partial charge in [-0.05, 0) is 35.9 Å². The van der Waals surface area contributed by atoms with Crippen molar-refractivity contribution in [3.05, 3.63) is 35.9 Å². The number of hydrogen-bond donors (Lipinski definition) is 3. The SMILES string of the molecule is CC[C@@H](O)c1ccc(Sc2nc(N)cc(N)n2)cc1. The van der Waals surface area contributed by atoms with Crippen molar-refractivity contribution in [2.24, 2.45) is 0 Å². The van der Waals surface area contributed by atoms with Gasteiger partial charge < -0.3 is 16.6 Å². The molecule has 19 heavy (non-hydrogen) atoms. The van der Waals surface area contributed by atoms with Gasteiger partial charge in [0, 0.05) is 11.0 Å². The van der Waals surface area contributed by atoms with E-state index >= 15 is 0 Å². The van der Waals surface area contributed by atoms with Crippen LogP contribution < -0.4 is 11.5 Å². The highest BCUT2D eigenvalue weighted by Crippen LogP contribution is 2.27. The van der Waals surface area contributed by atoms with E-state index in [1.165, 1.54) is 17.8 Å². The molecule has 6 heteroatoms. The zero-order chi connectivity index (χ0) is 13.8. The van der Waals surface area contributed by atoms with Crippen molar-refractivity contribution in [1.29, 1.82) is 0 Å². The zero-order valence-electron chi connectivity index (χ0n) is 10.6. The lowest BCUT2D eigenvalue weighted by molar-refractivity contribution is 0.173. The molecule has 0 amide bonds. The molecule has 1 heterocycles. The number of aliphatic hydroxyl groups is 1. The Balaban J connectivity index is 2.15. The van der Waals surface area contributed by atoms with Gasteiger partial charge in [0.2, 0.25) is 0 Å². The topological polar surface area (TPSA) is 98.0 Å². The van der Waals surface area contributed by atoms with Gasteiger partial charge in [0.15, 0.2) is 5.16 Å². The summed E-state index contributed by atoms with van der Waals surface area (Å²) in [6.07, 6.45) is 0.278. The third kappa shape index (κ3) is 3.59. The largest absolute Gasteiger partial charge is 0.388 e. The Morgan fingerprint density at radius 3 is 2.26 bits per heavy atom. The smallest absolute Gasteiger partial charge is 0.196 e. The first-order valence-corrected chi connectivity index (χ1v) is 6.76. The molecule has 2 rings (SSSR count). The first-order valence-electron chi connectivity index (χ1n) is 5.94. The summed E-state index contributed by atoms with van der Waals surface area (Å²) in [6.45, 7) is 1.94. The predicted molar refractivity (Wildman–Crippen MR) is 76.7 cm³/mol. The first-order chi connectivity index (χ1) is 9.08. The summed E-state index contributed by atoms with van der Waals surface area (Å²) < 4.78 is 0. The highest BCUT2D eigenvalue weighted by molar-refractivity contribution is 7.99. The standard InChI is InChI=1S/C13H16N4OS/c1-2-10(18)8-3-5-9(6-4-8)19-13-16-11(14)7-12(15)17-13/h3-7,10,18H,2H2,1H3,(H4,14,15,16,17)/t10-/m1/s1. The van der Waals surface area contributed by atoms with Crippen LogP contribution in [0.1, 0.15) is 25.0 Å². The van der Waals surface area contributed by atoms with E-state index in [1.807, 2.05) is 31.2 Å². The van der Waals surface area contributed by atoms with E-state index in [4.69, 9.17) is 11.5 Å². The molecule has 0 aliphatic heterocycles. The van der Waals surface area contributed by atoms with E-state index in [9.17, 15) is 5.11 Å². The molecule has 0 bridgehead atoms. The molecule has 0 aliphatic carbocycles. The van der Waals surface area contributed by atoms with E-state index in [1.54, 1.807) is 0 Å². The van der Waals surface area contributed by atoms with Gasteiger partial charge in [-0.1, -0.05) is 19.1 Å². The van der Waals surface area contributed by atoms with Gasteiger partial charge in [-0.2, -0.15) is 0 Å². The molecule has 5 N–H and O–H groups in total. The van der Waals surface area contributed by atoms with Crippen LogP contribution in [-0.4, -0.2) is 15.1 Å².